The summed E-state index contributed by atoms with van der Waals surface area (Å²) in [5, 5.41) is 149. The highest BCUT2D eigenvalue weighted by Crippen LogP contribution is 2.40. The van der Waals surface area contributed by atoms with Gasteiger partial charge in [0.15, 0.2) is 0 Å². The summed E-state index contributed by atoms with van der Waals surface area (Å²) in [4.78, 5) is 49.7. The molecule has 3 aliphatic heterocycles. The average Bonchev–Trinajstić information content (AvgIpc) is 3.29. The average molecular weight is 1000 g/mol. The molecular weight excluding hydrogens is 924 g/mol. The van der Waals surface area contributed by atoms with E-state index in [2.05, 4.69) is 22.9 Å². The van der Waals surface area contributed by atoms with Crippen LogP contribution >= 0.6 is 0 Å². The molecule has 0 aromatic rings. The molecule has 0 aromatic carbocycles. The fraction of sp³-hybridized carbons (Fsp3) is 0.907. The Morgan fingerprint density at radius 3 is 1.71 bits per heavy atom. The predicted octanol–water partition coefficient (Wildman–Crippen LogP) is -4.93. The van der Waals surface area contributed by atoms with Crippen molar-refractivity contribution in [3.8, 4) is 0 Å². The molecule has 69 heavy (non-hydrogen) atoms. The SMILES string of the molecule is CCCCCCCCCCCCNCC(O)C1OC(OC(CO)C(O)C2OC(OC(CO)C(O)C3OC(O)(C(=O)O)CC(O)C3NC(C)=O)(C(O)O)CC(O)C2NC(=O)CC)(C(=O)O)CC(O)C1N. The van der Waals surface area contributed by atoms with Gasteiger partial charge in [0.1, 0.15) is 42.7 Å². The maximum absolute atomic E-state index is 13.0. The minimum Gasteiger partial charge on any atom is -0.477 e. The van der Waals surface area contributed by atoms with Crippen molar-refractivity contribution < 1.29 is 109 Å². The Morgan fingerprint density at radius 2 is 1.20 bits per heavy atom. The van der Waals surface area contributed by atoms with Crippen LogP contribution in [0.25, 0.3) is 0 Å². The summed E-state index contributed by atoms with van der Waals surface area (Å²) < 4.78 is 28.4. The summed E-state index contributed by atoms with van der Waals surface area (Å²) >= 11 is 0. The zero-order valence-corrected chi connectivity index (χ0v) is 39.5. The van der Waals surface area contributed by atoms with E-state index in [4.69, 9.17) is 29.4 Å². The number of ether oxygens (including phenoxy) is 5. The third-order valence-corrected chi connectivity index (χ3v) is 12.8. The predicted molar refractivity (Wildman–Crippen MR) is 235 cm³/mol. The number of aliphatic hydroxyl groups is 11. The van der Waals surface area contributed by atoms with Gasteiger partial charge in [-0.15, -0.1) is 0 Å². The van der Waals surface area contributed by atoms with E-state index < -0.39 is 165 Å². The van der Waals surface area contributed by atoms with Crippen LogP contribution in [0.15, 0.2) is 0 Å². The zero-order chi connectivity index (χ0) is 51.9. The van der Waals surface area contributed by atoms with Crippen LogP contribution in [0.3, 0.4) is 0 Å². The summed E-state index contributed by atoms with van der Waals surface area (Å²) in [6.45, 7) is 2.25. The largest absolute Gasteiger partial charge is 0.477 e. The second-order valence-corrected chi connectivity index (χ2v) is 18.3. The molecule has 17 unspecified atom stereocenters. The van der Waals surface area contributed by atoms with E-state index in [0.717, 1.165) is 39.0 Å². The highest BCUT2D eigenvalue weighted by Gasteiger charge is 2.61. The normalized spacial score (nSPS) is 34.1. The van der Waals surface area contributed by atoms with Crippen molar-refractivity contribution >= 4 is 23.8 Å². The van der Waals surface area contributed by atoms with E-state index in [0.29, 0.717) is 6.54 Å². The molecule has 3 heterocycles. The van der Waals surface area contributed by atoms with Gasteiger partial charge in [-0.2, -0.15) is 0 Å². The van der Waals surface area contributed by atoms with Crippen LogP contribution in [-0.4, -0.2) is 225 Å². The maximum Gasteiger partial charge on any atom is 0.364 e. The third-order valence-electron chi connectivity index (χ3n) is 12.8. The van der Waals surface area contributed by atoms with Gasteiger partial charge in [-0.3, -0.25) is 9.59 Å². The molecular formula is C43H78N4O22. The first kappa shape index (κ1) is 60.5. The van der Waals surface area contributed by atoms with Crippen molar-refractivity contribution in [2.45, 2.75) is 220 Å². The number of rotatable bonds is 30. The number of unbranched alkanes of at least 4 members (excludes halogenated alkanes) is 9. The van der Waals surface area contributed by atoms with Crippen LogP contribution in [-0.2, 0) is 42.9 Å². The molecule has 0 spiro atoms. The van der Waals surface area contributed by atoms with Gasteiger partial charge in [0.05, 0.1) is 55.8 Å². The second kappa shape index (κ2) is 27.8. The molecule has 17 atom stereocenters. The number of hydrogen-bond donors (Lipinski definition) is 17. The molecule has 26 nitrogen and oxygen atoms in total. The Hall–Kier alpha value is -2.84. The molecule has 402 valence electrons. The lowest BCUT2D eigenvalue weighted by Gasteiger charge is -2.52. The number of amides is 2. The molecule has 3 rings (SSSR count). The lowest BCUT2D eigenvalue weighted by Crippen LogP contribution is -2.71. The molecule has 3 fully saturated rings. The van der Waals surface area contributed by atoms with E-state index in [9.17, 15) is 85.6 Å². The second-order valence-electron chi connectivity index (χ2n) is 18.3. The van der Waals surface area contributed by atoms with Crippen molar-refractivity contribution in [2.75, 3.05) is 26.3 Å². The third kappa shape index (κ3) is 16.1. The number of nitrogens with two attached hydrogens (primary N) is 1. The molecule has 26 heteroatoms. The van der Waals surface area contributed by atoms with Crippen LogP contribution in [0.1, 0.15) is 111 Å². The smallest absolute Gasteiger partial charge is 0.364 e. The van der Waals surface area contributed by atoms with Crippen LogP contribution in [0.4, 0.5) is 0 Å². The Balaban J connectivity index is 1.88. The molecule has 0 saturated carbocycles. The molecule has 18 N–H and O–H groups in total. The Kier molecular flexibility index (Phi) is 24.4. The Morgan fingerprint density at radius 1 is 0.681 bits per heavy atom. The molecule has 0 aromatic heterocycles. The fourth-order valence-electron chi connectivity index (χ4n) is 8.88. The van der Waals surface area contributed by atoms with Gasteiger partial charge in [0.25, 0.3) is 11.6 Å². The summed E-state index contributed by atoms with van der Waals surface area (Å²) in [6, 6.07) is -4.84. The van der Waals surface area contributed by atoms with Gasteiger partial charge in [-0.05, 0) is 13.0 Å². The summed E-state index contributed by atoms with van der Waals surface area (Å²) in [7, 11) is 0. The monoisotopic (exact) mass is 1000 g/mol. The van der Waals surface area contributed by atoms with Gasteiger partial charge in [-0.25, -0.2) is 9.59 Å². The van der Waals surface area contributed by atoms with E-state index in [1.807, 2.05) is 0 Å². The highest BCUT2D eigenvalue weighted by molar-refractivity contribution is 5.77. The molecule has 0 radical (unpaired) electrons. The van der Waals surface area contributed by atoms with Gasteiger partial charge in [0.2, 0.25) is 23.9 Å². The molecule has 3 aliphatic rings. The number of carboxylic acid groups (broad SMARTS) is 2. The van der Waals surface area contributed by atoms with Crippen molar-refractivity contribution in [1.29, 1.82) is 0 Å². The number of carboxylic acids is 2. The lowest BCUT2D eigenvalue weighted by molar-refractivity contribution is -0.405. The van der Waals surface area contributed by atoms with Crippen molar-refractivity contribution in [1.82, 2.24) is 16.0 Å². The number of carbonyl (C=O) groups is 4. The van der Waals surface area contributed by atoms with Gasteiger partial charge >= 0.3 is 11.9 Å². The van der Waals surface area contributed by atoms with E-state index in [1.165, 1.54) is 39.0 Å². The minimum absolute atomic E-state index is 0.159. The van der Waals surface area contributed by atoms with Crippen LogP contribution < -0.4 is 21.7 Å². The topological polar surface area (TPSA) is 440 Å². The summed E-state index contributed by atoms with van der Waals surface area (Å²) in [5.41, 5.74) is 6.18. The fourth-order valence-corrected chi connectivity index (χ4v) is 8.88. The highest BCUT2D eigenvalue weighted by atomic mass is 16.8. The van der Waals surface area contributed by atoms with Crippen molar-refractivity contribution in [3.63, 3.8) is 0 Å². The van der Waals surface area contributed by atoms with E-state index >= 15 is 0 Å². The van der Waals surface area contributed by atoms with Crippen LogP contribution in [0.5, 0.6) is 0 Å². The number of hydrogen-bond acceptors (Lipinski definition) is 22. The van der Waals surface area contributed by atoms with Gasteiger partial charge < -0.3 is 112 Å². The first-order valence-corrected chi connectivity index (χ1v) is 23.7. The first-order chi connectivity index (χ1) is 32.5. The lowest BCUT2D eigenvalue weighted by atomic mass is 9.87. The van der Waals surface area contributed by atoms with E-state index in [-0.39, 0.29) is 13.0 Å². The number of nitrogens with one attached hydrogen (secondary N) is 3. The van der Waals surface area contributed by atoms with Gasteiger partial charge in [0, 0.05) is 39.2 Å². The maximum atomic E-state index is 13.0. The standard InChI is InChI=1S/C43H78N4O22/c1-4-6-7-8-9-10-11-12-13-14-15-45-19-26(54)35-30(44)23(51)17-42(68-35,39(60)61)65-28(21-49)34(57)37-32(47-29(55)5-2)25(53)18-43(69-37,40(62)63)66-27(20-48)33(56)36-31(46-22(3)50)24(52)16-41(64,67-36)38(58)59/h23-28,30-37,40,45,48-49,51-54,56-57,62-64H,4-21,44H2,1-3H3,(H,46,50)(H,47,55)(H,58,59)(H,60,61). The molecule has 0 bridgehead atoms. The number of aliphatic hydroxyl groups excluding tert-OH is 9. The minimum atomic E-state index is -3.18. The van der Waals surface area contributed by atoms with Crippen molar-refractivity contribution in [3.05, 3.63) is 0 Å². The zero-order valence-electron chi connectivity index (χ0n) is 39.5. The molecule has 3 saturated heterocycles. The van der Waals surface area contributed by atoms with Crippen LogP contribution in [0.2, 0.25) is 0 Å². The van der Waals surface area contributed by atoms with E-state index in [1.54, 1.807) is 0 Å². The Bertz CT molecular complexity index is 1610. The quantitative estimate of drug-likeness (QED) is 0.0237. The van der Waals surface area contributed by atoms with Crippen molar-refractivity contribution in [2.24, 2.45) is 5.73 Å². The number of carbonyl (C=O) groups excluding carboxylic acids is 2. The number of aliphatic carboxylic acids is 2. The van der Waals surface area contributed by atoms with Crippen LogP contribution in [0, 0.1) is 0 Å². The molecule has 0 aliphatic carbocycles. The Labute approximate surface area is 400 Å². The van der Waals surface area contributed by atoms with Gasteiger partial charge in [-0.1, -0.05) is 71.6 Å². The summed E-state index contributed by atoms with van der Waals surface area (Å²) in [6.07, 6.45) is -17.6. The molecule has 2 amide bonds. The first-order valence-electron chi connectivity index (χ1n) is 23.7. The summed E-state index contributed by atoms with van der Waals surface area (Å²) in [5.74, 6) is -14.8.